The summed E-state index contributed by atoms with van der Waals surface area (Å²) in [7, 11) is 0. The number of aromatic hydroxyl groups is 1. The number of hydrogen-bond acceptors (Lipinski definition) is 2. The van der Waals surface area contributed by atoms with Crippen LogP contribution in [-0.4, -0.2) is 15.6 Å². The Labute approximate surface area is 145 Å². The van der Waals surface area contributed by atoms with Crippen molar-refractivity contribution in [2.24, 2.45) is 5.73 Å². The molecule has 1 aromatic heterocycles. The van der Waals surface area contributed by atoms with Gasteiger partial charge in [-0.05, 0) is 42.3 Å². The molecule has 0 atom stereocenters. The minimum atomic E-state index is -0.496. The van der Waals surface area contributed by atoms with E-state index in [1.54, 1.807) is 12.1 Å². The van der Waals surface area contributed by atoms with Crippen LogP contribution in [0.25, 0.3) is 21.8 Å². The number of aromatic nitrogens is 1. The number of carbonyl (C=O) groups excluding carboxylic acids is 1. The number of aryl methyl sites for hydroxylation is 1. The molecule has 0 saturated heterocycles. The van der Waals surface area contributed by atoms with Gasteiger partial charge < -0.3 is 15.4 Å². The molecule has 25 heavy (non-hydrogen) atoms. The average Bonchev–Trinajstić information content (AvgIpc) is 2.90. The Hall–Kier alpha value is -3.27. The fourth-order valence-electron chi connectivity index (χ4n) is 3.52. The van der Waals surface area contributed by atoms with Gasteiger partial charge in [0.05, 0.1) is 16.4 Å². The first-order chi connectivity index (χ1) is 12.1. The zero-order valence-corrected chi connectivity index (χ0v) is 13.9. The van der Waals surface area contributed by atoms with Gasteiger partial charge in [0.15, 0.2) is 0 Å². The number of rotatable bonds is 3. The van der Waals surface area contributed by atoms with E-state index in [0.717, 1.165) is 22.2 Å². The van der Waals surface area contributed by atoms with E-state index in [4.69, 9.17) is 5.73 Å². The molecule has 4 aromatic rings. The summed E-state index contributed by atoms with van der Waals surface area (Å²) in [6, 6.07) is 19.3. The van der Waals surface area contributed by atoms with Crippen LogP contribution in [-0.2, 0) is 6.54 Å². The van der Waals surface area contributed by atoms with Crippen molar-refractivity contribution in [1.29, 1.82) is 0 Å². The molecule has 4 rings (SSSR count). The summed E-state index contributed by atoms with van der Waals surface area (Å²) in [5, 5.41) is 11.9. The number of phenols is 1. The summed E-state index contributed by atoms with van der Waals surface area (Å²) in [4.78, 5) is 11.9. The van der Waals surface area contributed by atoms with Gasteiger partial charge in [-0.2, -0.15) is 0 Å². The summed E-state index contributed by atoms with van der Waals surface area (Å²) in [6.45, 7) is 2.59. The zero-order valence-electron chi connectivity index (χ0n) is 13.9. The summed E-state index contributed by atoms with van der Waals surface area (Å²) in [5.41, 5.74) is 9.89. The molecule has 0 bridgehead atoms. The highest BCUT2D eigenvalue weighted by molar-refractivity contribution is 6.19. The molecular formula is C21H18N2O2. The van der Waals surface area contributed by atoms with Crippen LogP contribution in [0.15, 0.2) is 60.7 Å². The third kappa shape index (κ3) is 2.43. The number of nitrogens with two attached hydrogens (primary N) is 1. The molecule has 0 spiro atoms. The van der Waals surface area contributed by atoms with Gasteiger partial charge in [-0.15, -0.1) is 0 Å². The van der Waals surface area contributed by atoms with Crippen molar-refractivity contribution >= 4 is 27.7 Å². The molecule has 0 aliphatic rings. The summed E-state index contributed by atoms with van der Waals surface area (Å²) in [6.07, 6.45) is 0. The SMILES string of the molecule is Cc1cc(O)c2c3c(C(N)=O)cccc3n(Cc3ccccc3)c2c1. The van der Waals surface area contributed by atoms with E-state index in [2.05, 4.69) is 16.7 Å². The maximum atomic E-state index is 11.9. The average molecular weight is 330 g/mol. The number of primary amides is 1. The van der Waals surface area contributed by atoms with Crippen molar-refractivity contribution in [3.05, 3.63) is 77.4 Å². The Kier molecular flexibility index (Phi) is 3.46. The standard InChI is InChI=1S/C21H18N2O2/c1-13-10-17-20(18(24)11-13)19-15(21(22)25)8-5-9-16(19)23(17)12-14-6-3-2-4-7-14/h2-11,24H,12H2,1H3,(H2,22,25). The molecule has 3 aromatic carbocycles. The number of amides is 1. The lowest BCUT2D eigenvalue weighted by molar-refractivity contribution is 0.100. The summed E-state index contributed by atoms with van der Waals surface area (Å²) < 4.78 is 2.12. The Morgan fingerprint density at radius 1 is 1.00 bits per heavy atom. The Balaban J connectivity index is 2.13. The number of fused-ring (bicyclic) bond motifs is 3. The normalized spacial score (nSPS) is 11.2. The molecule has 3 N–H and O–H groups in total. The highest BCUT2D eigenvalue weighted by atomic mass is 16.3. The molecule has 0 aliphatic carbocycles. The van der Waals surface area contributed by atoms with Crippen LogP contribution in [0.3, 0.4) is 0 Å². The van der Waals surface area contributed by atoms with Crippen LogP contribution in [0.5, 0.6) is 5.75 Å². The van der Waals surface area contributed by atoms with E-state index in [1.807, 2.05) is 43.3 Å². The van der Waals surface area contributed by atoms with Crippen molar-refractivity contribution in [2.45, 2.75) is 13.5 Å². The lowest BCUT2D eigenvalue weighted by atomic mass is 10.0. The number of nitrogens with zero attached hydrogens (tertiary/aromatic N) is 1. The highest BCUT2D eigenvalue weighted by Gasteiger charge is 2.19. The van der Waals surface area contributed by atoms with E-state index in [9.17, 15) is 9.90 Å². The smallest absolute Gasteiger partial charge is 0.249 e. The Morgan fingerprint density at radius 2 is 1.76 bits per heavy atom. The number of hydrogen-bond donors (Lipinski definition) is 2. The Morgan fingerprint density at radius 3 is 2.48 bits per heavy atom. The lowest BCUT2D eigenvalue weighted by Crippen LogP contribution is -2.11. The number of carbonyl (C=O) groups is 1. The first-order valence-electron chi connectivity index (χ1n) is 8.14. The van der Waals surface area contributed by atoms with Gasteiger partial charge in [0, 0.05) is 17.5 Å². The predicted octanol–water partition coefficient (Wildman–Crippen LogP) is 3.96. The van der Waals surface area contributed by atoms with E-state index < -0.39 is 5.91 Å². The van der Waals surface area contributed by atoms with Gasteiger partial charge in [0.1, 0.15) is 5.75 Å². The highest BCUT2D eigenvalue weighted by Crippen LogP contribution is 2.38. The van der Waals surface area contributed by atoms with Gasteiger partial charge in [0.25, 0.3) is 0 Å². The van der Waals surface area contributed by atoms with Crippen molar-refractivity contribution in [3.63, 3.8) is 0 Å². The van der Waals surface area contributed by atoms with E-state index in [1.165, 1.54) is 0 Å². The second-order valence-electron chi connectivity index (χ2n) is 6.31. The fourth-order valence-corrected chi connectivity index (χ4v) is 3.52. The molecule has 0 unspecified atom stereocenters. The predicted molar refractivity (Wildman–Crippen MR) is 99.9 cm³/mol. The van der Waals surface area contributed by atoms with Gasteiger partial charge in [-0.25, -0.2) is 0 Å². The molecule has 124 valence electrons. The third-order valence-corrected chi connectivity index (χ3v) is 4.56. The van der Waals surface area contributed by atoms with Crippen LogP contribution in [0.4, 0.5) is 0 Å². The molecule has 0 fully saturated rings. The molecule has 4 heteroatoms. The van der Waals surface area contributed by atoms with Crippen LogP contribution < -0.4 is 5.73 Å². The van der Waals surface area contributed by atoms with Crippen LogP contribution in [0.2, 0.25) is 0 Å². The minimum Gasteiger partial charge on any atom is -0.507 e. The third-order valence-electron chi connectivity index (χ3n) is 4.56. The monoisotopic (exact) mass is 330 g/mol. The van der Waals surface area contributed by atoms with E-state index in [-0.39, 0.29) is 5.75 Å². The van der Waals surface area contributed by atoms with Crippen molar-refractivity contribution in [3.8, 4) is 5.75 Å². The van der Waals surface area contributed by atoms with Gasteiger partial charge in [-0.1, -0.05) is 36.4 Å². The maximum Gasteiger partial charge on any atom is 0.249 e. The second kappa shape index (κ2) is 5.67. The van der Waals surface area contributed by atoms with Crippen molar-refractivity contribution in [1.82, 2.24) is 4.57 Å². The summed E-state index contributed by atoms with van der Waals surface area (Å²) >= 11 is 0. The molecular weight excluding hydrogens is 312 g/mol. The first kappa shape index (κ1) is 15.3. The maximum absolute atomic E-state index is 11.9. The topological polar surface area (TPSA) is 68.2 Å². The molecule has 0 saturated carbocycles. The van der Waals surface area contributed by atoms with Gasteiger partial charge in [0.2, 0.25) is 5.91 Å². The van der Waals surface area contributed by atoms with Gasteiger partial charge in [-0.3, -0.25) is 4.79 Å². The van der Waals surface area contributed by atoms with E-state index >= 15 is 0 Å². The molecule has 0 aliphatic heterocycles. The van der Waals surface area contributed by atoms with Gasteiger partial charge >= 0.3 is 0 Å². The molecule has 4 nitrogen and oxygen atoms in total. The number of benzene rings is 3. The largest absolute Gasteiger partial charge is 0.507 e. The van der Waals surface area contributed by atoms with Crippen LogP contribution in [0, 0.1) is 6.92 Å². The van der Waals surface area contributed by atoms with Crippen LogP contribution >= 0.6 is 0 Å². The zero-order chi connectivity index (χ0) is 17.6. The summed E-state index contributed by atoms with van der Waals surface area (Å²) in [5.74, 6) is -0.329. The lowest BCUT2D eigenvalue weighted by Gasteiger charge is -2.08. The first-order valence-corrected chi connectivity index (χ1v) is 8.14. The minimum absolute atomic E-state index is 0.167. The molecule has 1 amide bonds. The van der Waals surface area contributed by atoms with E-state index in [0.29, 0.717) is 22.9 Å². The van der Waals surface area contributed by atoms with Crippen molar-refractivity contribution < 1.29 is 9.90 Å². The Bertz CT molecular complexity index is 1110. The second-order valence-corrected chi connectivity index (χ2v) is 6.31. The number of phenolic OH excluding ortho intramolecular Hbond substituents is 1. The van der Waals surface area contributed by atoms with Crippen molar-refractivity contribution in [2.75, 3.05) is 0 Å². The fraction of sp³-hybridized carbons (Fsp3) is 0.0952. The molecule has 1 heterocycles. The molecule has 0 radical (unpaired) electrons. The quantitative estimate of drug-likeness (QED) is 0.597. The van der Waals surface area contributed by atoms with Crippen LogP contribution in [0.1, 0.15) is 21.5 Å².